The molecule has 0 atom stereocenters. The van der Waals surface area contributed by atoms with Crippen LogP contribution in [0, 0.1) is 11.7 Å². The molecule has 0 spiro atoms. The van der Waals surface area contributed by atoms with Gasteiger partial charge in [0.2, 0.25) is 0 Å². The molecule has 0 unspecified atom stereocenters. The van der Waals surface area contributed by atoms with Crippen LogP contribution >= 0.6 is 23.8 Å². The fraction of sp³-hybridized carbons (Fsp3) is 0.500. The largest absolute Gasteiger partial charge is 0.493 e. The summed E-state index contributed by atoms with van der Waals surface area (Å²) in [6.07, 6.45) is 2.63. The summed E-state index contributed by atoms with van der Waals surface area (Å²) in [7, 11) is -2.07. The number of methoxy groups -OCH3 is 1. The second-order valence-corrected chi connectivity index (χ2v) is 12.9. The van der Waals surface area contributed by atoms with Gasteiger partial charge < -0.3 is 14.8 Å². The van der Waals surface area contributed by atoms with Gasteiger partial charge in [0.1, 0.15) is 24.7 Å². The number of aromatic nitrogens is 2. The van der Waals surface area contributed by atoms with Crippen molar-refractivity contribution in [3.8, 4) is 11.5 Å². The van der Waals surface area contributed by atoms with Crippen molar-refractivity contribution in [1.82, 2.24) is 14.9 Å². The molecule has 4 rings (SSSR count). The summed E-state index contributed by atoms with van der Waals surface area (Å²) < 4.78 is 56.4. The van der Waals surface area contributed by atoms with Crippen LogP contribution in [0.5, 0.6) is 11.5 Å². The number of halogens is 2. The molecule has 1 N–H and O–H groups in total. The van der Waals surface area contributed by atoms with Gasteiger partial charge in [-0.05, 0) is 70.7 Å². The summed E-state index contributed by atoms with van der Waals surface area (Å²) in [4.78, 5) is 10.8. The third-order valence-electron chi connectivity index (χ3n) is 6.36. The predicted molar refractivity (Wildman–Crippen MR) is 159 cm³/mol. The van der Waals surface area contributed by atoms with E-state index in [0.717, 1.165) is 25.9 Å². The van der Waals surface area contributed by atoms with E-state index in [4.69, 9.17) is 23.0 Å². The highest BCUT2D eigenvalue weighted by Gasteiger charge is 2.31. The summed E-state index contributed by atoms with van der Waals surface area (Å²) in [6, 6.07) is 8.37. The van der Waals surface area contributed by atoms with Gasteiger partial charge in [-0.2, -0.15) is 0 Å². The van der Waals surface area contributed by atoms with Crippen LogP contribution in [0.2, 0.25) is 0 Å². The van der Waals surface area contributed by atoms with Gasteiger partial charge in [0.05, 0.1) is 37.1 Å². The number of benzene rings is 2. The smallest absolute Gasteiger partial charge is 0.476 e. The lowest BCUT2D eigenvalue weighted by atomic mass is 9.98. The van der Waals surface area contributed by atoms with E-state index in [-0.39, 0.29) is 18.9 Å². The second-order valence-electron chi connectivity index (χ2n) is 10.4. The minimum atomic E-state index is -3.64. The summed E-state index contributed by atoms with van der Waals surface area (Å²) in [5, 5.41) is 3.72. The number of phosphoric ester groups is 1. The monoisotopic (exact) mass is 654 g/mol. The maximum Gasteiger partial charge on any atom is 0.476 e. The van der Waals surface area contributed by atoms with E-state index in [0.29, 0.717) is 50.9 Å². The highest BCUT2D eigenvalue weighted by molar-refractivity contribution is 9.10. The van der Waals surface area contributed by atoms with Crippen molar-refractivity contribution in [1.29, 1.82) is 0 Å². The summed E-state index contributed by atoms with van der Waals surface area (Å²) in [5.41, 5.74) is 0.936. The Morgan fingerprint density at radius 2 is 1.78 bits per heavy atom. The number of phosphoric acid groups is 1. The highest BCUT2D eigenvalue weighted by atomic mass is 79.9. The number of likely N-dealkylation sites (tertiary alicyclic amines) is 1. The Kier molecular flexibility index (Phi) is 11.0. The predicted octanol–water partition coefficient (Wildman–Crippen LogP) is 7.31. The first-order valence-electron chi connectivity index (χ1n) is 13.6. The fourth-order valence-electron chi connectivity index (χ4n) is 4.40. The molecule has 0 radical (unpaired) electrons. The molecule has 2 aromatic carbocycles. The number of hydrogen-bond donors (Lipinski definition) is 1. The molecule has 41 heavy (non-hydrogen) atoms. The van der Waals surface area contributed by atoms with E-state index in [2.05, 4.69) is 36.1 Å². The standard InChI is InChI=1S/C28H37BrFN4O6P/c1-18(2)39-41(35,40-19(3)4)38-17-34-10-8-20(9-11-34)15-37-27-14-25-22(13-26(27)36-5)28(32-16-31-25)33-24-7-6-21(29)12-23(24)30/h6-7,12-14,16,18-20H,8-11,15,17H2,1-5H3,(H,31,32,33). The molecule has 0 saturated carbocycles. The first kappa shape index (κ1) is 31.6. The van der Waals surface area contributed by atoms with Crippen LogP contribution in [0.1, 0.15) is 40.5 Å². The van der Waals surface area contributed by atoms with Gasteiger partial charge in [-0.25, -0.2) is 18.9 Å². The van der Waals surface area contributed by atoms with Crippen LogP contribution in [0.15, 0.2) is 41.1 Å². The zero-order chi connectivity index (χ0) is 29.6. The second kappa shape index (κ2) is 14.2. The van der Waals surface area contributed by atoms with Crippen LogP contribution in [0.3, 0.4) is 0 Å². The lowest BCUT2D eigenvalue weighted by molar-refractivity contribution is 0.0204. The van der Waals surface area contributed by atoms with Gasteiger partial charge in [0.25, 0.3) is 0 Å². The molecule has 1 fully saturated rings. The summed E-state index contributed by atoms with van der Waals surface area (Å²) in [6.45, 7) is 9.38. The zero-order valence-corrected chi connectivity index (χ0v) is 26.4. The lowest BCUT2D eigenvalue weighted by Gasteiger charge is -2.32. The molecule has 1 aromatic heterocycles. The molecular formula is C28H37BrFN4O6P. The zero-order valence-electron chi connectivity index (χ0n) is 23.9. The number of hydrogen-bond acceptors (Lipinski definition) is 10. The van der Waals surface area contributed by atoms with Gasteiger partial charge >= 0.3 is 7.82 Å². The Morgan fingerprint density at radius 3 is 2.41 bits per heavy atom. The van der Waals surface area contributed by atoms with E-state index in [1.54, 1.807) is 53.0 Å². The molecule has 1 saturated heterocycles. The van der Waals surface area contributed by atoms with Gasteiger partial charge in [0.15, 0.2) is 11.5 Å². The van der Waals surface area contributed by atoms with E-state index >= 15 is 0 Å². The van der Waals surface area contributed by atoms with E-state index in [1.807, 2.05) is 6.07 Å². The molecule has 0 amide bonds. The van der Waals surface area contributed by atoms with Crippen LogP contribution in [-0.4, -0.2) is 60.6 Å². The van der Waals surface area contributed by atoms with Gasteiger partial charge in [0, 0.05) is 29.0 Å². The number of rotatable bonds is 13. The minimum absolute atomic E-state index is 0.170. The van der Waals surface area contributed by atoms with E-state index in [1.165, 1.54) is 12.4 Å². The van der Waals surface area contributed by atoms with Crippen LogP contribution in [0.25, 0.3) is 10.9 Å². The normalized spacial score (nSPS) is 15.1. The van der Waals surface area contributed by atoms with Crippen molar-refractivity contribution in [2.75, 3.05) is 38.9 Å². The van der Waals surface area contributed by atoms with Gasteiger partial charge in [-0.1, -0.05) is 15.9 Å². The van der Waals surface area contributed by atoms with E-state index < -0.39 is 13.6 Å². The number of piperidine rings is 1. The third-order valence-corrected chi connectivity index (χ3v) is 8.65. The topological polar surface area (TPSA) is 104 Å². The number of nitrogens with zero attached hydrogens (tertiary/aromatic N) is 3. The SMILES string of the molecule is COc1cc2c(Nc3ccc(Br)cc3F)ncnc2cc1OCC1CCN(COP(=O)(OC(C)C)OC(C)C)CC1. The van der Waals surface area contributed by atoms with Crippen molar-refractivity contribution in [2.45, 2.75) is 52.7 Å². The Hall–Kier alpha value is -2.34. The van der Waals surface area contributed by atoms with Gasteiger partial charge in [-0.3, -0.25) is 18.5 Å². The van der Waals surface area contributed by atoms with Crippen molar-refractivity contribution < 1.29 is 32.0 Å². The average molecular weight is 656 g/mol. The fourth-order valence-corrected chi connectivity index (χ4v) is 6.24. The summed E-state index contributed by atoms with van der Waals surface area (Å²) >= 11 is 3.27. The Bertz CT molecular complexity index is 1360. The number of fused-ring (bicyclic) bond motifs is 1. The maximum atomic E-state index is 14.4. The molecule has 10 nitrogen and oxygen atoms in total. The first-order chi connectivity index (χ1) is 19.5. The van der Waals surface area contributed by atoms with Crippen LogP contribution < -0.4 is 14.8 Å². The molecule has 224 valence electrons. The van der Waals surface area contributed by atoms with Crippen LogP contribution in [-0.2, 0) is 18.1 Å². The molecule has 0 aliphatic carbocycles. The number of ether oxygens (including phenoxy) is 2. The van der Waals surface area contributed by atoms with Crippen molar-refractivity contribution in [3.05, 3.63) is 46.9 Å². The Balaban J connectivity index is 1.35. The third kappa shape index (κ3) is 8.83. The minimum Gasteiger partial charge on any atom is -0.493 e. The van der Waals surface area contributed by atoms with Crippen molar-refractivity contribution in [2.24, 2.45) is 5.92 Å². The molecule has 0 bridgehead atoms. The summed E-state index contributed by atoms with van der Waals surface area (Å²) in [5.74, 6) is 1.47. The van der Waals surface area contributed by atoms with Crippen molar-refractivity contribution >= 4 is 46.2 Å². The first-order valence-corrected chi connectivity index (χ1v) is 15.8. The molecular weight excluding hydrogens is 618 g/mol. The Morgan fingerprint density at radius 1 is 1.07 bits per heavy atom. The van der Waals surface area contributed by atoms with E-state index in [9.17, 15) is 8.96 Å². The highest BCUT2D eigenvalue weighted by Crippen LogP contribution is 2.51. The molecule has 13 heteroatoms. The molecule has 1 aliphatic heterocycles. The quantitative estimate of drug-likeness (QED) is 0.189. The van der Waals surface area contributed by atoms with Crippen LogP contribution in [0.4, 0.5) is 15.9 Å². The lowest BCUT2D eigenvalue weighted by Crippen LogP contribution is -2.37. The van der Waals surface area contributed by atoms with Crippen molar-refractivity contribution in [3.63, 3.8) is 0 Å². The number of anilines is 2. The molecule has 1 aliphatic rings. The molecule has 3 aromatic rings. The number of nitrogens with one attached hydrogen (secondary N) is 1. The van der Waals surface area contributed by atoms with Gasteiger partial charge in [-0.15, -0.1) is 0 Å². The Labute approximate surface area is 248 Å². The average Bonchev–Trinajstić information content (AvgIpc) is 2.91. The molecule has 2 heterocycles. The maximum absolute atomic E-state index is 14.4.